The Morgan fingerprint density at radius 2 is 2.06 bits per heavy atom. The van der Waals surface area contributed by atoms with Crippen molar-refractivity contribution >= 4 is 17.7 Å². The van der Waals surface area contributed by atoms with Crippen LogP contribution in [0.25, 0.3) is 0 Å². The van der Waals surface area contributed by atoms with Gasteiger partial charge in [-0.2, -0.15) is 0 Å². The number of hydrogen-bond acceptors (Lipinski definition) is 7. The zero-order chi connectivity index (χ0) is 22.9. The fourth-order valence-corrected chi connectivity index (χ4v) is 7.20. The van der Waals surface area contributed by atoms with E-state index in [4.69, 9.17) is 18.6 Å². The van der Waals surface area contributed by atoms with E-state index in [2.05, 4.69) is 20.4 Å². The molecule has 7 atom stereocenters. The fourth-order valence-electron chi connectivity index (χ4n) is 7.20. The quantitative estimate of drug-likeness (QED) is 0.517. The van der Waals surface area contributed by atoms with Crippen LogP contribution in [0.15, 0.2) is 35.2 Å². The molecule has 172 valence electrons. The molecule has 2 saturated carbocycles. The van der Waals surface area contributed by atoms with E-state index in [1.165, 1.54) is 7.11 Å². The molecule has 2 aliphatic heterocycles. The Labute approximate surface area is 187 Å². The number of ketones is 1. The van der Waals surface area contributed by atoms with Crippen LogP contribution in [0.3, 0.4) is 0 Å². The van der Waals surface area contributed by atoms with Crippen molar-refractivity contribution in [3.63, 3.8) is 0 Å². The summed E-state index contributed by atoms with van der Waals surface area (Å²) < 4.78 is 23.0. The number of cyclic esters (lactones) is 1. The van der Waals surface area contributed by atoms with Crippen molar-refractivity contribution in [1.29, 1.82) is 0 Å². The Kier molecular flexibility index (Phi) is 4.72. The van der Waals surface area contributed by atoms with Crippen molar-refractivity contribution in [2.45, 2.75) is 70.2 Å². The third-order valence-corrected chi connectivity index (χ3v) is 9.08. The van der Waals surface area contributed by atoms with E-state index in [0.717, 1.165) is 24.0 Å². The van der Waals surface area contributed by atoms with E-state index in [1.54, 1.807) is 12.5 Å². The minimum absolute atomic E-state index is 0.0352. The summed E-state index contributed by atoms with van der Waals surface area (Å²) in [7, 11) is 1.37. The SMILES string of the molecule is C=C1[C@H]2CC[C@@]3(C)[C@H](c4ccoc4)OC(=O)C[C@@]13O[C@@H]1CC(=O)C[C@@H](CC(=O)OC)[C@@]21C. The van der Waals surface area contributed by atoms with Gasteiger partial charge in [-0.3, -0.25) is 14.4 Å². The molecule has 1 aromatic rings. The maximum atomic E-state index is 12.9. The highest BCUT2D eigenvalue weighted by atomic mass is 16.6. The molecule has 0 N–H and O–H groups in total. The second kappa shape index (κ2) is 7.04. The minimum Gasteiger partial charge on any atom is -0.472 e. The highest BCUT2D eigenvalue weighted by Crippen LogP contribution is 2.70. The summed E-state index contributed by atoms with van der Waals surface area (Å²) in [6, 6.07) is 1.82. The molecule has 4 aliphatic rings. The molecule has 0 aromatic carbocycles. The van der Waals surface area contributed by atoms with E-state index in [-0.39, 0.29) is 48.8 Å². The average Bonchev–Trinajstić information content (AvgIpc) is 3.26. The Morgan fingerprint density at radius 1 is 1.28 bits per heavy atom. The molecule has 0 unspecified atom stereocenters. The van der Waals surface area contributed by atoms with Crippen molar-refractivity contribution in [1.82, 2.24) is 0 Å². The zero-order valence-electron chi connectivity index (χ0n) is 18.8. The van der Waals surface area contributed by atoms with Crippen molar-refractivity contribution in [2.75, 3.05) is 7.11 Å². The number of rotatable bonds is 3. The summed E-state index contributed by atoms with van der Waals surface area (Å²) in [6.07, 6.45) is 4.72. The molecule has 0 radical (unpaired) electrons. The monoisotopic (exact) mass is 442 g/mol. The topological polar surface area (TPSA) is 92.0 Å². The van der Waals surface area contributed by atoms with Gasteiger partial charge in [0.2, 0.25) is 0 Å². The first-order chi connectivity index (χ1) is 15.2. The summed E-state index contributed by atoms with van der Waals surface area (Å²) in [5.74, 6) is -0.738. The highest BCUT2D eigenvalue weighted by molar-refractivity contribution is 5.82. The maximum Gasteiger partial charge on any atom is 0.309 e. The standard InChI is InChI=1S/C25H30O7/c1-14-18-5-7-23(2)22(15-6-8-30-13-15)31-21(28)12-25(14,23)32-19-11-17(26)9-16(24(18,19)3)10-20(27)29-4/h6,8,13,16,18-19,22H,1,5,7,9-12H2,2-4H3/t16-,18+,19+,22-,23-,24-,25+/m0/s1. The second-order valence-corrected chi connectivity index (χ2v) is 10.4. The van der Waals surface area contributed by atoms with E-state index >= 15 is 0 Å². The number of carbonyl (C=O) groups is 3. The average molecular weight is 443 g/mol. The van der Waals surface area contributed by atoms with Crippen LogP contribution in [0.1, 0.15) is 64.0 Å². The maximum absolute atomic E-state index is 12.9. The predicted molar refractivity (Wildman–Crippen MR) is 112 cm³/mol. The fraction of sp³-hybridized carbons (Fsp3) is 0.640. The lowest BCUT2D eigenvalue weighted by Crippen LogP contribution is -2.71. The molecule has 1 spiro atoms. The van der Waals surface area contributed by atoms with Crippen LogP contribution in [0.5, 0.6) is 0 Å². The lowest BCUT2D eigenvalue weighted by molar-refractivity contribution is -0.292. The van der Waals surface area contributed by atoms with Crippen LogP contribution in [0.4, 0.5) is 0 Å². The molecule has 0 amide bonds. The zero-order valence-corrected chi connectivity index (χ0v) is 18.8. The van der Waals surface area contributed by atoms with E-state index in [1.807, 2.05) is 6.07 Å². The minimum atomic E-state index is -0.926. The first-order valence-electron chi connectivity index (χ1n) is 11.3. The summed E-state index contributed by atoms with van der Waals surface area (Å²) in [6.45, 7) is 8.72. The first-order valence-corrected chi connectivity index (χ1v) is 11.3. The Balaban J connectivity index is 1.60. The number of Topliss-reactive ketones (excluding diaryl/α,β-unsaturated/α-hetero) is 1. The number of furan rings is 1. The molecule has 4 fully saturated rings. The number of carbonyl (C=O) groups excluding carboxylic acids is 3. The van der Waals surface area contributed by atoms with Gasteiger partial charge in [-0.15, -0.1) is 0 Å². The third-order valence-electron chi connectivity index (χ3n) is 9.08. The Bertz CT molecular complexity index is 980. The number of ether oxygens (including phenoxy) is 3. The molecule has 2 bridgehead atoms. The molecule has 5 rings (SSSR count). The molecule has 2 saturated heterocycles. The lowest BCUT2D eigenvalue weighted by atomic mass is 9.44. The molecule has 7 heteroatoms. The van der Waals surface area contributed by atoms with Gasteiger partial charge in [-0.1, -0.05) is 20.4 Å². The van der Waals surface area contributed by atoms with E-state index in [0.29, 0.717) is 6.42 Å². The van der Waals surface area contributed by atoms with Crippen LogP contribution in [0, 0.1) is 22.7 Å². The van der Waals surface area contributed by atoms with Gasteiger partial charge in [0.1, 0.15) is 17.5 Å². The summed E-state index contributed by atoms with van der Waals surface area (Å²) in [5, 5.41) is 0. The van der Waals surface area contributed by atoms with Gasteiger partial charge in [-0.05, 0) is 36.3 Å². The van der Waals surface area contributed by atoms with E-state index < -0.39 is 28.6 Å². The summed E-state index contributed by atoms with van der Waals surface area (Å²) >= 11 is 0. The second-order valence-electron chi connectivity index (χ2n) is 10.4. The van der Waals surface area contributed by atoms with Crippen molar-refractivity contribution < 1.29 is 33.0 Å². The van der Waals surface area contributed by atoms with Gasteiger partial charge in [0.05, 0.1) is 32.2 Å². The van der Waals surface area contributed by atoms with Gasteiger partial charge in [0.15, 0.2) is 0 Å². The van der Waals surface area contributed by atoms with Gasteiger partial charge < -0.3 is 18.6 Å². The molecule has 3 heterocycles. The summed E-state index contributed by atoms with van der Waals surface area (Å²) in [4.78, 5) is 37.8. The van der Waals surface area contributed by atoms with Crippen LogP contribution < -0.4 is 0 Å². The third kappa shape index (κ3) is 2.66. The van der Waals surface area contributed by atoms with E-state index in [9.17, 15) is 14.4 Å². The summed E-state index contributed by atoms with van der Waals surface area (Å²) in [5.41, 5.74) is -0.216. The van der Waals surface area contributed by atoms with Crippen molar-refractivity contribution in [2.24, 2.45) is 22.7 Å². The van der Waals surface area contributed by atoms with Gasteiger partial charge in [0, 0.05) is 35.7 Å². The van der Waals surface area contributed by atoms with Crippen LogP contribution in [-0.4, -0.2) is 36.5 Å². The van der Waals surface area contributed by atoms with Crippen molar-refractivity contribution in [3.05, 3.63) is 36.3 Å². The molecular formula is C25H30O7. The van der Waals surface area contributed by atoms with Gasteiger partial charge in [-0.25, -0.2) is 0 Å². The Hall–Kier alpha value is -2.41. The largest absolute Gasteiger partial charge is 0.472 e. The number of hydrogen-bond donors (Lipinski definition) is 0. The van der Waals surface area contributed by atoms with Crippen LogP contribution in [0.2, 0.25) is 0 Å². The van der Waals surface area contributed by atoms with Crippen LogP contribution >= 0.6 is 0 Å². The predicted octanol–water partition coefficient (Wildman–Crippen LogP) is 3.93. The number of methoxy groups -OCH3 is 1. The molecule has 32 heavy (non-hydrogen) atoms. The van der Waals surface area contributed by atoms with Crippen LogP contribution in [-0.2, 0) is 28.6 Å². The molecule has 7 nitrogen and oxygen atoms in total. The Morgan fingerprint density at radius 3 is 2.75 bits per heavy atom. The smallest absolute Gasteiger partial charge is 0.309 e. The number of esters is 2. The molecule has 1 aromatic heterocycles. The lowest BCUT2D eigenvalue weighted by Gasteiger charge is -2.68. The van der Waals surface area contributed by atoms with Crippen molar-refractivity contribution in [3.8, 4) is 0 Å². The number of fused-ring (bicyclic) bond motifs is 3. The molecular weight excluding hydrogens is 412 g/mol. The molecule has 2 aliphatic carbocycles. The highest BCUT2D eigenvalue weighted by Gasteiger charge is 2.71. The van der Waals surface area contributed by atoms with Gasteiger partial charge in [0.25, 0.3) is 0 Å². The normalized spacial score (nSPS) is 43.2. The van der Waals surface area contributed by atoms with Gasteiger partial charge >= 0.3 is 11.9 Å². The first kappa shape index (κ1) is 21.4.